The van der Waals surface area contributed by atoms with Gasteiger partial charge < -0.3 is 10.2 Å². The van der Waals surface area contributed by atoms with Crippen LogP contribution in [0.3, 0.4) is 0 Å². The summed E-state index contributed by atoms with van der Waals surface area (Å²) >= 11 is 9.71. The Morgan fingerprint density at radius 3 is 2.27 bits per heavy atom. The SMILES string of the molecule is CNC(=O)C(Cc1ccccc1)N(Cc1cccc(Br)c1)C(=O)CN(c1ccc(C)c(Cl)c1)S(C)(=O)=O. The normalized spacial score (nSPS) is 12.0. The number of nitrogens with one attached hydrogen (secondary N) is 1. The molecule has 7 nitrogen and oxygen atoms in total. The molecule has 196 valence electrons. The van der Waals surface area contributed by atoms with E-state index in [9.17, 15) is 18.0 Å². The molecule has 0 aromatic heterocycles. The Labute approximate surface area is 231 Å². The molecule has 3 rings (SSSR count). The van der Waals surface area contributed by atoms with Gasteiger partial charge >= 0.3 is 0 Å². The second-order valence-electron chi connectivity index (χ2n) is 8.67. The van der Waals surface area contributed by atoms with Crippen molar-refractivity contribution in [1.82, 2.24) is 10.2 Å². The summed E-state index contributed by atoms with van der Waals surface area (Å²) in [7, 11) is -2.33. The number of anilines is 1. The van der Waals surface area contributed by atoms with E-state index in [4.69, 9.17) is 11.6 Å². The van der Waals surface area contributed by atoms with Crippen molar-refractivity contribution in [2.24, 2.45) is 0 Å². The first-order valence-electron chi connectivity index (χ1n) is 11.5. The lowest BCUT2D eigenvalue weighted by Crippen LogP contribution is -2.52. The van der Waals surface area contributed by atoms with Crippen molar-refractivity contribution in [2.45, 2.75) is 25.9 Å². The van der Waals surface area contributed by atoms with Crippen molar-refractivity contribution in [3.8, 4) is 0 Å². The van der Waals surface area contributed by atoms with Crippen LogP contribution in [0.4, 0.5) is 5.69 Å². The molecule has 0 heterocycles. The van der Waals surface area contributed by atoms with Gasteiger partial charge in [0, 0.05) is 29.5 Å². The summed E-state index contributed by atoms with van der Waals surface area (Å²) in [5, 5.41) is 3.04. The lowest BCUT2D eigenvalue weighted by Gasteiger charge is -2.33. The quantitative estimate of drug-likeness (QED) is 0.367. The number of aryl methyl sites for hydroxylation is 1. The van der Waals surface area contributed by atoms with E-state index in [2.05, 4.69) is 21.2 Å². The number of hydrogen-bond donors (Lipinski definition) is 1. The highest BCUT2D eigenvalue weighted by atomic mass is 79.9. The van der Waals surface area contributed by atoms with Gasteiger partial charge in [0.05, 0.1) is 11.9 Å². The Hall–Kier alpha value is -2.88. The molecule has 0 aliphatic heterocycles. The molecule has 3 aromatic rings. The zero-order valence-corrected chi connectivity index (χ0v) is 24.0. The lowest BCUT2D eigenvalue weighted by atomic mass is 10.0. The fourth-order valence-electron chi connectivity index (χ4n) is 3.90. The number of amides is 2. The van der Waals surface area contributed by atoms with Gasteiger partial charge in [-0.15, -0.1) is 0 Å². The van der Waals surface area contributed by atoms with Crippen LogP contribution in [0.1, 0.15) is 16.7 Å². The number of carbonyl (C=O) groups is 2. The number of halogens is 2. The topological polar surface area (TPSA) is 86.8 Å². The van der Waals surface area contributed by atoms with Gasteiger partial charge in [-0.25, -0.2) is 8.42 Å². The fraction of sp³-hybridized carbons (Fsp3) is 0.259. The molecule has 0 saturated carbocycles. The summed E-state index contributed by atoms with van der Waals surface area (Å²) in [6, 6.07) is 20.7. The maximum absolute atomic E-state index is 13.9. The molecule has 10 heteroatoms. The van der Waals surface area contributed by atoms with Gasteiger partial charge in [-0.3, -0.25) is 13.9 Å². The monoisotopic (exact) mass is 605 g/mol. The Morgan fingerprint density at radius 1 is 1.00 bits per heavy atom. The van der Waals surface area contributed by atoms with Gasteiger partial charge in [0.25, 0.3) is 0 Å². The van der Waals surface area contributed by atoms with E-state index in [0.29, 0.717) is 5.02 Å². The van der Waals surface area contributed by atoms with Gasteiger partial charge in [-0.2, -0.15) is 0 Å². The molecular formula is C27H29BrClN3O4S. The number of sulfonamides is 1. The minimum Gasteiger partial charge on any atom is -0.357 e. The molecular weight excluding hydrogens is 578 g/mol. The lowest BCUT2D eigenvalue weighted by molar-refractivity contribution is -0.139. The number of rotatable bonds is 10. The molecule has 37 heavy (non-hydrogen) atoms. The third-order valence-electron chi connectivity index (χ3n) is 5.88. The molecule has 2 amide bonds. The van der Waals surface area contributed by atoms with E-state index >= 15 is 0 Å². The van der Waals surface area contributed by atoms with Crippen molar-refractivity contribution in [2.75, 3.05) is 24.2 Å². The van der Waals surface area contributed by atoms with Crippen molar-refractivity contribution >= 4 is 55.1 Å². The second kappa shape index (κ2) is 12.6. The Bertz CT molecular complexity index is 1370. The summed E-state index contributed by atoms with van der Waals surface area (Å²) in [5.41, 5.74) is 2.71. The second-order valence-corrected chi connectivity index (χ2v) is 11.9. The van der Waals surface area contributed by atoms with Gasteiger partial charge in [-0.1, -0.05) is 76.1 Å². The highest BCUT2D eigenvalue weighted by molar-refractivity contribution is 9.10. The molecule has 0 saturated heterocycles. The summed E-state index contributed by atoms with van der Waals surface area (Å²) in [4.78, 5) is 28.4. The number of nitrogens with zero attached hydrogens (tertiary/aromatic N) is 2. The van der Waals surface area contributed by atoms with Crippen LogP contribution in [-0.4, -0.2) is 51.0 Å². The van der Waals surface area contributed by atoms with Gasteiger partial charge in [-0.05, 0) is 47.9 Å². The Morgan fingerprint density at radius 2 is 1.68 bits per heavy atom. The maximum atomic E-state index is 13.9. The summed E-state index contributed by atoms with van der Waals surface area (Å²) in [6.45, 7) is 1.42. The molecule has 0 radical (unpaired) electrons. The minimum absolute atomic E-state index is 0.107. The van der Waals surface area contributed by atoms with E-state index < -0.39 is 28.5 Å². The fourth-order valence-corrected chi connectivity index (χ4v) is 5.37. The highest BCUT2D eigenvalue weighted by Gasteiger charge is 2.32. The summed E-state index contributed by atoms with van der Waals surface area (Å²) < 4.78 is 27.4. The number of carbonyl (C=O) groups excluding carboxylic acids is 2. The predicted octanol–water partition coefficient (Wildman–Crippen LogP) is 4.56. The van der Waals surface area contributed by atoms with Crippen LogP contribution in [-0.2, 0) is 32.6 Å². The Kier molecular flexibility index (Phi) is 9.75. The number of likely N-dealkylation sites (N-methyl/N-ethyl adjacent to an activating group) is 1. The van der Waals surface area contributed by atoms with Gasteiger partial charge in [0.2, 0.25) is 21.8 Å². The smallest absolute Gasteiger partial charge is 0.244 e. The van der Waals surface area contributed by atoms with Crippen molar-refractivity contribution in [3.05, 3.63) is 99.0 Å². The first kappa shape index (κ1) is 28.7. The van der Waals surface area contributed by atoms with Gasteiger partial charge in [0.1, 0.15) is 12.6 Å². The van der Waals surface area contributed by atoms with Crippen LogP contribution < -0.4 is 9.62 Å². The predicted molar refractivity (Wildman–Crippen MR) is 151 cm³/mol. The zero-order valence-electron chi connectivity index (χ0n) is 20.8. The third-order valence-corrected chi connectivity index (χ3v) is 7.92. The molecule has 1 atom stereocenters. The molecule has 0 bridgehead atoms. The van der Waals surface area contributed by atoms with Crippen LogP contribution in [0.25, 0.3) is 0 Å². The summed E-state index contributed by atoms with van der Waals surface area (Å²) in [5.74, 6) is -0.872. The molecule has 3 aromatic carbocycles. The Balaban J connectivity index is 2.04. The van der Waals surface area contributed by atoms with Crippen LogP contribution in [0.15, 0.2) is 77.3 Å². The number of hydrogen-bond acceptors (Lipinski definition) is 4. The molecule has 1 unspecified atom stereocenters. The average Bonchev–Trinajstić information content (AvgIpc) is 2.86. The summed E-state index contributed by atoms with van der Waals surface area (Å²) in [6.07, 6.45) is 1.29. The van der Waals surface area contributed by atoms with E-state index in [1.54, 1.807) is 19.1 Å². The van der Waals surface area contributed by atoms with Crippen LogP contribution in [0.5, 0.6) is 0 Å². The van der Waals surface area contributed by atoms with E-state index in [-0.39, 0.29) is 24.6 Å². The number of benzene rings is 3. The van der Waals surface area contributed by atoms with E-state index in [0.717, 1.165) is 31.7 Å². The molecule has 0 fully saturated rings. The van der Waals surface area contributed by atoms with E-state index in [1.165, 1.54) is 18.0 Å². The average molecular weight is 607 g/mol. The molecule has 1 N–H and O–H groups in total. The van der Waals surface area contributed by atoms with Crippen LogP contribution >= 0.6 is 27.5 Å². The molecule has 0 spiro atoms. The minimum atomic E-state index is -3.85. The van der Waals surface area contributed by atoms with Crippen molar-refractivity contribution in [3.63, 3.8) is 0 Å². The largest absolute Gasteiger partial charge is 0.357 e. The standard InChI is InChI=1S/C27H29BrClN3O4S/c1-19-12-13-23(16-24(19)29)32(37(3,35)36)18-26(33)31(17-21-10-7-11-22(28)14-21)25(27(34)30-2)15-20-8-5-4-6-9-20/h4-14,16,25H,15,17-18H2,1-3H3,(H,30,34). The maximum Gasteiger partial charge on any atom is 0.244 e. The van der Waals surface area contributed by atoms with Crippen LogP contribution in [0.2, 0.25) is 5.02 Å². The third kappa shape index (κ3) is 7.80. The first-order chi connectivity index (χ1) is 17.5. The molecule has 0 aliphatic rings. The first-order valence-corrected chi connectivity index (χ1v) is 14.5. The van der Waals surface area contributed by atoms with E-state index in [1.807, 2.05) is 54.6 Å². The zero-order chi connectivity index (χ0) is 27.2. The molecule has 0 aliphatic carbocycles. The van der Waals surface area contributed by atoms with Crippen molar-refractivity contribution in [1.29, 1.82) is 0 Å². The van der Waals surface area contributed by atoms with Crippen molar-refractivity contribution < 1.29 is 18.0 Å². The highest BCUT2D eigenvalue weighted by Crippen LogP contribution is 2.26. The van der Waals surface area contributed by atoms with Crippen LogP contribution in [0, 0.1) is 6.92 Å². The van der Waals surface area contributed by atoms with Gasteiger partial charge in [0.15, 0.2) is 0 Å².